The molecular weight excluding hydrogens is 236 g/mol. The van der Waals surface area contributed by atoms with Crippen molar-refractivity contribution in [2.24, 2.45) is 0 Å². The predicted molar refractivity (Wildman–Crippen MR) is 71.2 cm³/mol. The second-order valence-electron chi connectivity index (χ2n) is 3.94. The molecule has 0 heterocycles. The van der Waals surface area contributed by atoms with E-state index >= 15 is 0 Å². The van der Waals surface area contributed by atoms with Crippen molar-refractivity contribution in [2.45, 2.75) is 20.4 Å². The zero-order chi connectivity index (χ0) is 12.8. The highest BCUT2D eigenvalue weighted by Gasteiger charge is 2.14. The lowest BCUT2D eigenvalue weighted by molar-refractivity contribution is 0.165. The van der Waals surface area contributed by atoms with Crippen LogP contribution in [0.1, 0.15) is 19.4 Å². The zero-order valence-electron chi connectivity index (χ0n) is 10.6. The molecule has 0 spiro atoms. The molecular formula is C13H19ClN2O. The molecule has 0 radical (unpaired) electrons. The summed E-state index contributed by atoms with van der Waals surface area (Å²) in [6.07, 6.45) is 0. The van der Waals surface area contributed by atoms with E-state index in [1.807, 2.05) is 45.2 Å². The maximum absolute atomic E-state index is 12.0. The normalized spacial score (nSPS) is 10.1. The second-order valence-corrected chi connectivity index (χ2v) is 4.38. The number of hydrogen-bond acceptors (Lipinski definition) is 1. The summed E-state index contributed by atoms with van der Waals surface area (Å²) in [5.41, 5.74) is 1.04. The standard InChI is InChI=1S/C13H19ClN2O/c1-4-16(5-2)13(17)15(3)10-11-7-6-8-12(14)9-11/h6-9H,4-5,10H2,1-3H3. The number of hydrogen-bond donors (Lipinski definition) is 0. The SMILES string of the molecule is CCN(CC)C(=O)N(C)Cc1cccc(Cl)c1. The second kappa shape index (κ2) is 6.50. The van der Waals surface area contributed by atoms with Crippen molar-refractivity contribution < 1.29 is 4.79 Å². The molecule has 0 aliphatic heterocycles. The summed E-state index contributed by atoms with van der Waals surface area (Å²) in [5.74, 6) is 0. The Morgan fingerprint density at radius 1 is 1.29 bits per heavy atom. The molecule has 17 heavy (non-hydrogen) atoms. The molecule has 1 rings (SSSR count). The monoisotopic (exact) mass is 254 g/mol. The van der Waals surface area contributed by atoms with Crippen molar-refractivity contribution in [3.8, 4) is 0 Å². The van der Waals surface area contributed by atoms with Crippen LogP contribution >= 0.6 is 11.6 Å². The molecule has 4 heteroatoms. The minimum absolute atomic E-state index is 0.0509. The van der Waals surface area contributed by atoms with Crippen LogP contribution < -0.4 is 0 Å². The molecule has 0 aliphatic carbocycles. The average Bonchev–Trinajstić information content (AvgIpc) is 2.30. The first-order chi connectivity index (χ1) is 8.08. The summed E-state index contributed by atoms with van der Waals surface area (Å²) in [7, 11) is 1.81. The van der Waals surface area contributed by atoms with Gasteiger partial charge in [-0.3, -0.25) is 0 Å². The van der Waals surface area contributed by atoms with Crippen LogP contribution in [0.15, 0.2) is 24.3 Å². The van der Waals surface area contributed by atoms with Crippen molar-refractivity contribution >= 4 is 17.6 Å². The highest BCUT2D eigenvalue weighted by molar-refractivity contribution is 6.30. The highest BCUT2D eigenvalue weighted by Crippen LogP contribution is 2.12. The van der Waals surface area contributed by atoms with E-state index in [1.165, 1.54) is 0 Å². The first-order valence-corrected chi connectivity index (χ1v) is 6.20. The Balaban J connectivity index is 2.65. The summed E-state index contributed by atoms with van der Waals surface area (Å²) in [6.45, 7) is 6.00. The summed E-state index contributed by atoms with van der Waals surface area (Å²) in [5, 5.41) is 0.700. The number of halogens is 1. The van der Waals surface area contributed by atoms with Gasteiger partial charge in [-0.25, -0.2) is 4.79 Å². The largest absolute Gasteiger partial charge is 0.325 e. The first-order valence-electron chi connectivity index (χ1n) is 5.83. The van der Waals surface area contributed by atoms with Crippen LogP contribution in [0.25, 0.3) is 0 Å². The topological polar surface area (TPSA) is 23.6 Å². The molecule has 0 atom stereocenters. The number of rotatable bonds is 4. The number of benzene rings is 1. The van der Waals surface area contributed by atoms with Crippen molar-refractivity contribution in [3.63, 3.8) is 0 Å². The van der Waals surface area contributed by atoms with E-state index in [0.717, 1.165) is 18.7 Å². The molecule has 0 bridgehead atoms. The third-order valence-corrected chi connectivity index (χ3v) is 2.90. The molecule has 3 nitrogen and oxygen atoms in total. The third-order valence-electron chi connectivity index (χ3n) is 2.67. The zero-order valence-corrected chi connectivity index (χ0v) is 11.4. The molecule has 94 valence electrons. The van der Waals surface area contributed by atoms with Gasteiger partial charge in [-0.2, -0.15) is 0 Å². The summed E-state index contributed by atoms with van der Waals surface area (Å²) < 4.78 is 0. The van der Waals surface area contributed by atoms with Crippen molar-refractivity contribution in [1.82, 2.24) is 9.80 Å². The molecule has 0 aromatic heterocycles. The minimum atomic E-state index is 0.0509. The van der Waals surface area contributed by atoms with Crippen molar-refractivity contribution in [2.75, 3.05) is 20.1 Å². The first kappa shape index (κ1) is 13.8. The Hall–Kier alpha value is -1.22. The van der Waals surface area contributed by atoms with E-state index in [2.05, 4.69) is 0 Å². The summed E-state index contributed by atoms with van der Waals surface area (Å²) in [6, 6.07) is 7.63. The van der Waals surface area contributed by atoms with Crippen LogP contribution in [-0.4, -0.2) is 36.0 Å². The van der Waals surface area contributed by atoms with Crippen LogP contribution in [0.4, 0.5) is 4.79 Å². The fraction of sp³-hybridized carbons (Fsp3) is 0.462. The lowest BCUT2D eigenvalue weighted by atomic mass is 10.2. The van der Waals surface area contributed by atoms with Crippen LogP contribution in [-0.2, 0) is 6.54 Å². The smallest absolute Gasteiger partial charge is 0.320 e. The van der Waals surface area contributed by atoms with E-state index in [0.29, 0.717) is 11.6 Å². The Morgan fingerprint density at radius 2 is 1.94 bits per heavy atom. The van der Waals surface area contributed by atoms with E-state index in [9.17, 15) is 4.79 Å². The molecule has 1 aromatic carbocycles. The van der Waals surface area contributed by atoms with Gasteiger partial charge >= 0.3 is 6.03 Å². The number of carbonyl (C=O) groups excluding carboxylic acids is 1. The molecule has 2 amide bonds. The van der Waals surface area contributed by atoms with Crippen LogP contribution in [0, 0.1) is 0 Å². The molecule has 0 unspecified atom stereocenters. The van der Waals surface area contributed by atoms with Gasteiger partial charge in [0.15, 0.2) is 0 Å². The number of carbonyl (C=O) groups is 1. The molecule has 0 aliphatic rings. The van der Waals surface area contributed by atoms with Gasteiger partial charge in [0.05, 0.1) is 0 Å². The fourth-order valence-corrected chi connectivity index (χ4v) is 1.93. The average molecular weight is 255 g/mol. The Bertz CT molecular complexity index is 377. The van der Waals surface area contributed by atoms with Gasteiger partial charge < -0.3 is 9.80 Å². The van der Waals surface area contributed by atoms with Crippen molar-refractivity contribution in [3.05, 3.63) is 34.9 Å². The lowest BCUT2D eigenvalue weighted by Gasteiger charge is -2.26. The fourth-order valence-electron chi connectivity index (χ4n) is 1.71. The van der Waals surface area contributed by atoms with E-state index in [1.54, 1.807) is 9.80 Å². The maximum atomic E-state index is 12.0. The minimum Gasteiger partial charge on any atom is -0.325 e. The molecule has 0 saturated heterocycles. The molecule has 0 fully saturated rings. The van der Waals surface area contributed by atoms with Crippen LogP contribution in [0.3, 0.4) is 0 Å². The maximum Gasteiger partial charge on any atom is 0.320 e. The van der Waals surface area contributed by atoms with Crippen LogP contribution in [0.5, 0.6) is 0 Å². The highest BCUT2D eigenvalue weighted by atomic mass is 35.5. The van der Waals surface area contributed by atoms with E-state index < -0.39 is 0 Å². The van der Waals surface area contributed by atoms with E-state index in [-0.39, 0.29) is 6.03 Å². The Kier molecular flexibility index (Phi) is 5.29. The van der Waals surface area contributed by atoms with Gasteiger partial charge in [-0.1, -0.05) is 23.7 Å². The summed E-state index contributed by atoms with van der Waals surface area (Å²) in [4.78, 5) is 15.5. The number of amides is 2. The van der Waals surface area contributed by atoms with Gasteiger partial charge in [-0.15, -0.1) is 0 Å². The van der Waals surface area contributed by atoms with Gasteiger partial charge in [0.2, 0.25) is 0 Å². The molecule has 0 N–H and O–H groups in total. The van der Waals surface area contributed by atoms with Gasteiger partial charge in [0.25, 0.3) is 0 Å². The number of urea groups is 1. The van der Waals surface area contributed by atoms with Gasteiger partial charge in [-0.05, 0) is 31.5 Å². The quantitative estimate of drug-likeness (QED) is 0.809. The Morgan fingerprint density at radius 3 is 2.47 bits per heavy atom. The summed E-state index contributed by atoms with van der Waals surface area (Å²) >= 11 is 5.91. The Labute approximate surface area is 108 Å². The van der Waals surface area contributed by atoms with Gasteiger partial charge in [0, 0.05) is 31.7 Å². The van der Waals surface area contributed by atoms with Crippen LogP contribution in [0.2, 0.25) is 5.02 Å². The van der Waals surface area contributed by atoms with E-state index in [4.69, 9.17) is 11.6 Å². The van der Waals surface area contributed by atoms with Crippen molar-refractivity contribution in [1.29, 1.82) is 0 Å². The molecule has 1 aromatic rings. The molecule has 0 saturated carbocycles. The predicted octanol–water partition coefficient (Wildman–Crippen LogP) is 3.23. The third kappa shape index (κ3) is 3.93. The van der Waals surface area contributed by atoms with Gasteiger partial charge in [0.1, 0.15) is 0 Å². The number of nitrogens with zero attached hydrogens (tertiary/aromatic N) is 2. The lowest BCUT2D eigenvalue weighted by Crippen LogP contribution is -2.40.